The summed E-state index contributed by atoms with van der Waals surface area (Å²) in [5, 5.41) is 10.2. The molecule has 0 radical (unpaired) electrons. The van der Waals surface area contributed by atoms with E-state index in [1.807, 2.05) is 30.3 Å². The Morgan fingerprint density at radius 1 is 1.13 bits per heavy atom. The van der Waals surface area contributed by atoms with Crippen LogP contribution in [-0.4, -0.2) is 14.5 Å². The number of hydrogen-bond acceptors (Lipinski definition) is 4. The van der Waals surface area contributed by atoms with Crippen LogP contribution in [0.15, 0.2) is 53.3 Å². The summed E-state index contributed by atoms with van der Waals surface area (Å²) in [4.78, 5) is 19.7. The highest BCUT2D eigenvalue weighted by molar-refractivity contribution is 5.98. The third-order valence-electron chi connectivity index (χ3n) is 3.85. The number of nitriles is 1. The van der Waals surface area contributed by atoms with E-state index in [0.29, 0.717) is 22.2 Å². The molecule has 2 aromatic carbocycles. The number of nitrogens with zero attached hydrogens (tertiary/aromatic N) is 3. The maximum absolute atomic E-state index is 12.5. The van der Waals surface area contributed by atoms with Crippen molar-refractivity contribution in [2.75, 3.05) is 5.73 Å². The molecule has 0 aliphatic heterocycles. The van der Waals surface area contributed by atoms with Crippen LogP contribution in [0, 0.1) is 11.5 Å². The van der Waals surface area contributed by atoms with Gasteiger partial charge in [-0.1, -0.05) is 30.3 Å². The number of anilines is 1. The van der Waals surface area contributed by atoms with E-state index in [0.717, 1.165) is 5.39 Å². The summed E-state index contributed by atoms with van der Waals surface area (Å²) in [6.45, 7) is 0. The number of pyridine rings is 1. The first-order chi connectivity index (χ1) is 11.2. The van der Waals surface area contributed by atoms with E-state index in [9.17, 15) is 10.1 Å². The van der Waals surface area contributed by atoms with Gasteiger partial charge in [0.2, 0.25) is 0 Å². The third-order valence-corrected chi connectivity index (χ3v) is 3.85. The van der Waals surface area contributed by atoms with Crippen molar-refractivity contribution in [3.63, 3.8) is 0 Å². The van der Waals surface area contributed by atoms with E-state index in [2.05, 4.69) is 16.2 Å². The fraction of sp³-hybridized carbons (Fsp3) is 0. The molecule has 0 spiro atoms. The van der Waals surface area contributed by atoms with Gasteiger partial charge in [-0.25, -0.2) is 9.55 Å². The Labute approximate surface area is 130 Å². The molecule has 0 atom stereocenters. The lowest BCUT2D eigenvalue weighted by molar-refractivity contribution is 1.11. The van der Waals surface area contributed by atoms with Crippen molar-refractivity contribution in [3.8, 4) is 17.6 Å². The van der Waals surface area contributed by atoms with Crippen molar-refractivity contribution < 1.29 is 0 Å². The second-order valence-electron chi connectivity index (χ2n) is 5.15. The van der Waals surface area contributed by atoms with Crippen LogP contribution in [0.3, 0.4) is 0 Å². The topological polar surface area (TPSA) is 100 Å². The molecular weight excluding hydrogens is 290 g/mol. The number of aromatic amines is 1. The summed E-state index contributed by atoms with van der Waals surface area (Å²) in [6.07, 6.45) is 2.07. The van der Waals surface area contributed by atoms with Crippen molar-refractivity contribution in [2.45, 2.75) is 0 Å². The Kier molecular flexibility index (Phi) is 2.68. The average molecular weight is 301 g/mol. The molecule has 3 N–H and O–H groups in total. The molecule has 0 aliphatic carbocycles. The van der Waals surface area contributed by atoms with Gasteiger partial charge in [-0.3, -0.25) is 4.79 Å². The summed E-state index contributed by atoms with van der Waals surface area (Å²) in [7, 11) is 0. The highest BCUT2D eigenvalue weighted by Crippen LogP contribution is 2.29. The highest BCUT2D eigenvalue weighted by atomic mass is 16.1. The van der Waals surface area contributed by atoms with Crippen molar-refractivity contribution >= 4 is 27.6 Å². The van der Waals surface area contributed by atoms with Gasteiger partial charge in [0.1, 0.15) is 5.56 Å². The molecule has 6 nitrogen and oxygen atoms in total. The molecule has 2 heterocycles. The number of benzene rings is 2. The molecule has 4 rings (SSSR count). The van der Waals surface area contributed by atoms with Gasteiger partial charge >= 0.3 is 0 Å². The van der Waals surface area contributed by atoms with Gasteiger partial charge in [0.15, 0.2) is 12.0 Å². The number of nitrogens with one attached hydrogen (secondary N) is 1. The van der Waals surface area contributed by atoms with E-state index in [-0.39, 0.29) is 16.9 Å². The molecule has 0 saturated heterocycles. The first kappa shape index (κ1) is 13.1. The van der Waals surface area contributed by atoms with Crippen LogP contribution in [0.5, 0.6) is 0 Å². The molecule has 110 valence electrons. The minimum Gasteiger partial charge on any atom is -0.397 e. The van der Waals surface area contributed by atoms with Gasteiger partial charge in [0, 0.05) is 5.39 Å². The van der Waals surface area contributed by atoms with E-state index in [1.54, 1.807) is 18.2 Å². The Morgan fingerprint density at radius 3 is 2.70 bits per heavy atom. The number of imidazole rings is 1. The molecule has 0 fully saturated rings. The summed E-state index contributed by atoms with van der Waals surface area (Å²) in [6, 6.07) is 14.5. The maximum Gasteiger partial charge on any atom is 0.261 e. The van der Waals surface area contributed by atoms with E-state index in [4.69, 9.17) is 5.73 Å². The fourth-order valence-corrected chi connectivity index (χ4v) is 2.79. The van der Waals surface area contributed by atoms with Crippen LogP contribution in [0.1, 0.15) is 0 Å². The summed E-state index contributed by atoms with van der Waals surface area (Å²) in [5.41, 5.74) is 8.30. The van der Waals surface area contributed by atoms with Gasteiger partial charge in [-0.15, -0.1) is 0 Å². The van der Waals surface area contributed by atoms with Crippen molar-refractivity contribution in [2.24, 2.45) is 0 Å². The Hall–Kier alpha value is -3.59. The van der Waals surface area contributed by atoms with Crippen molar-refractivity contribution in [1.29, 1.82) is 5.26 Å². The molecule has 0 saturated carbocycles. The van der Waals surface area contributed by atoms with Gasteiger partial charge in [0.25, 0.3) is 5.56 Å². The number of fused-ring (bicyclic) bond motifs is 2. The zero-order valence-electron chi connectivity index (χ0n) is 11.9. The molecule has 0 aliphatic rings. The Bertz CT molecular complexity index is 1160. The minimum atomic E-state index is -0.368. The van der Waals surface area contributed by atoms with E-state index in [1.165, 1.54) is 4.57 Å². The average Bonchev–Trinajstić information content (AvgIpc) is 2.93. The molecule has 0 amide bonds. The normalized spacial score (nSPS) is 10.9. The Balaban J connectivity index is 2.15. The number of rotatable bonds is 1. The minimum absolute atomic E-state index is 0.210. The predicted molar refractivity (Wildman–Crippen MR) is 88.7 cm³/mol. The van der Waals surface area contributed by atoms with Gasteiger partial charge in [0.05, 0.1) is 22.2 Å². The van der Waals surface area contributed by atoms with Crippen molar-refractivity contribution in [1.82, 2.24) is 14.5 Å². The second-order valence-corrected chi connectivity index (χ2v) is 5.15. The van der Waals surface area contributed by atoms with Crippen molar-refractivity contribution in [3.05, 3.63) is 58.9 Å². The van der Waals surface area contributed by atoms with Crippen LogP contribution in [0.4, 0.5) is 5.69 Å². The predicted octanol–water partition coefficient (Wildman–Crippen LogP) is 2.46. The van der Waals surface area contributed by atoms with Gasteiger partial charge in [-0.2, -0.15) is 5.26 Å². The summed E-state index contributed by atoms with van der Waals surface area (Å²) >= 11 is 0. The summed E-state index contributed by atoms with van der Waals surface area (Å²) < 4.78 is 1.32. The van der Waals surface area contributed by atoms with Gasteiger partial charge in [-0.05, 0) is 18.2 Å². The standard InChI is InChI=1S/C17H11N5O/c18-9-22-13-8-4-3-7-12(13)20-16(22)14-15(19)10-5-1-2-6-11(10)21-17(14)23/h1-8H,(H3,19,21,23). The van der Waals surface area contributed by atoms with Crippen LogP contribution < -0.4 is 11.3 Å². The lowest BCUT2D eigenvalue weighted by Gasteiger charge is -2.07. The molecular formula is C17H11N5O. The monoisotopic (exact) mass is 301 g/mol. The van der Waals surface area contributed by atoms with Crippen LogP contribution in [0.2, 0.25) is 0 Å². The molecule has 6 heteroatoms. The number of hydrogen-bond donors (Lipinski definition) is 2. The number of aromatic nitrogens is 3. The Morgan fingerprint density at radius 2 is 1.87 bits per heavy atom. The second kappa shape index (κ2) is 4.71. The number of para-hydroxylation sites is 3. The lowest BCUT2D eigenvalue weighted by atomic mass is 10.1. The molecule has 4 aromatic rings. The van der Waals surface area contributed by atoms with E-state index >= 15 is 0 Å². The van der Waals surface area contributed by atoms with Gasteiger partial charge < -0.3 is 10.7 Å². The first-order valence-electron chi connectivity index (χ1n) is 6.99. The highest BCUT2D eigenvalue weighted by Gasteiger charge is 2.19. The number of nitrogen functional groups attached to an aromatic ring is 1. The molecule has 0 unspecified atom stereocenters. The zero-order valence-corrected chi connectivity index (χ0v) is 11.9. The van der Waals surface area contributed by atoms with Crippen LogP contribution >= 0.6 is 0 Å². The SMILES string of the molecule is N#Cn1c(-c2c(N)c3ccccc3[nH]c2=O)nc2ccccc21. The first-order valence-corrected chi connectivity index (χ1v) is 6.99. The maximum atomic E-state index is 12.5. The van der Waals surface area contributed by atoms with Crippen LogP contribution in [-0.2, 0) is 0 Å². The smallest absolute Gasteiger partial charge is 0.261 e. The largest absolute Gasteiger partial charge is 0.397 e. The summed E-state index contributed by atoms with van der Waals surface area (Å²) in [5.74, 6) is 0.248. The van der Waals surface area contributed by atoms with E-state index < -0.39 is 0 Å². The number of H-pyrrole nitrogens is 1. The zero-order chi connectivity index (χ0) is 16.0. The molecule has 0 bridgehead atoms. The number of nitrogens with two attached hydrogens (primary N) is 1. The lowest BCUT2D eigenvalue weighted by Crippen LogP contribution is -2.14. The van der Waals surface area contributed by atoms with Crippen LogP contribution in [0.25, 0.3) is 33.3 Å². The fourth-order valence-electron chi connectivity index (χ4n) is 2.79. The third kappa shape index (κ3) is 1.80. The quantitative estimate of drug-likeness (QED) is 0.564. The molecule has 23 heavy (non-hydrogen) atoms. The molecule has 2 aromatic heterocycles.